The van der Waals surface area contributed by atoms with Crippen LogP contribution in [0.3, 0.4) is 0 Å². The number of ether oxygens (including phenoxy) is 1. The molecule has 2 aromatic carbocycles. The van der Waals surface area contributed by atoms with Crippen molar-refractivity contribution in [3.63, 3.8) is 0 Å². The van der Waals surface area contributed by atoms with Crippen molar-refractivity contribution >= 4 is 28.8 Å². The molecule has 2 aliphatic heterocycles. The van der Waals surface area contributed by atoms with Crippen molar-refractivity contribution in [2.45, 2.75) is 25.7 Å². The first-order chi connectivity index (χ1) is 17.8. The number of benzene rings is 2. The third kappa shape index (κ3) is 4.42. The molecule has 0 bridgehead atoms. The van der Waals surface area contributed by atoms with Gasteiger partial charge in [-0.15, -0.1) is 0 Å². The highest BCUT2D eigenvalue weighted by atomic mass is 16.5. The number of aromatic nitrogens is 3. The summed E-state index contributed by atoms with van der Waals surface area (Å²) in [7, 11) is 0. The van der Waals surface area contributed by atoms with Gasteiger partial charge in [0.25, 0.3) is 0 Å². The van der Waals surface area contributed by atoms with Crippen molar-refractivity contribution in [1.29, 1.82) is 0 Å². The molecule has 7 nitrogen and oxygen atoms in total. The number of carbonyl (C=O) groups excluding carboxylic acids is 1. The van der Waals surface area contributed by atoms with Crippen LogP contribution in [0, 0.1) is 0 Å². The Balaban J connectivity index is 1.24. The molecule has 0 N–H and O–H groups in total. The molecule has 0 amide bonds. The van der Waals surface area contributed by atoms with Gasteiger partial charge in [0.1, 0.15) is 17.6 Å². The van der Waals surface area contributed by atoms with Crippen LogP contribution in [0.5, 0.6) is 5.75 Å². The zero-order valence-corrected chi connectivity index (χ0v) is 20.3. The molecule has 0 unspecified atom stereocenters. The molecule has 4 heterocycles. The average molecular weight is 480 g/mol. The first kappa shape index (κ1) is 22.6. The van der Waals surface area contributed by atoms with Crippen LogP contribution in [0.15, 0.2) is 61.1 Å². The molecule has 0 radical (unpaired) electrons. The fourth-order valence-electron chi connectivity index (χ4n) is 5.37. The average Bonchev–Trinajstić information content (AvgIpc) is 3.61. The van der Waals surface area contributed by atoms with E-state index in [0.29, 0.717) is 16.6 Å². The van der Waals surface area contributed by atoms with E-state index in [0.717, 1.165) is 61.6 Å². The van der Waals surface area contributed by atoms with Crippen LogP contribution < -0.4 is 9.64 Å². The van der Waals surface area contributed by atoms with E-state index in [9.17, 15) is 4.79 Å². The molecule has 0 aliphatic carbocycles. The summed E-state index contributed by atoms with van der Waals surface area (Å²) in [6, 6.07) is 16.6. The van der Waals surface area contributed by atoms with E-state index in [1.165, 1.54) is 37.1 Å². The summed E-state index contributed by atoms with van der Waals surface area (Å²) >= 11 is 0. The van der Waals surface area contributed by atoms with Gasteiger partial charge in [0.05, 0.1) is 12.1 Å². The number of fused-ring (bicyclic) bond motifs is 2. The fraction of sp³-hybridized carbons (Fsp3) is 0.310. The predicted molar refractivity (Wildman–Crippen MR) is 141 cm³/mol. The summed E-state index contributed by atoms with van der Waals surface area (Å²) in [6.45, 7) is 5.12. The first-order valence-corrected chi connectivity index (χ1v) is 12.7. The van der Waals surface area contributed by atoms with Crippen LogP contribution in [0.4, 0.5) is 11.5 Å². The molecule has 0 atom stereocenters. The summed E-state index contributed by atoms with van der Waals surface area (Å²) in [5, 5.41) is 0. The van der Waals surface area contributed by atoms with E-state index in [1.807, 2.05) is 6.07 Å². The highest BCUT2D eigenvalue weighted by Crippen LogP contribution is 2.41. The Kier molecular flexibility index (Phi) is 6.30. The number of anilines is 2. The molecule has 0 saturated carbocycles. The Bertz CT molecular complexity index is 1400. The van der Waals surface area contributed by atoms with Crippen LogP contribution in [0.1, 0.15) is 35.2 Å². The number of pyridine rings is 1. The largest absolute Gasteiger partial charge is 0.494 e. The van der Waals surface area contributed by atoms with Crippen molar-refractivity contribution in [2.75, 3.05) is 37.7 Å². The van der Waals surface area contributed by atoms with Gasteiger partial charge in [0.2, 0.25) is 0 Å². The number of carbonyl (C=O) groups is 1. The van der Waals surface area contributed by atoms with Gasteiger partial charge in [-0.2, -0.15) is 0 Å². The number of aldehydes is 1. The van der Waals surface area contributed by atoms with Crippen molar-refractivity contribution < 1.29 is 9.53 Å². The van der Waals surface area contributed by atoms with E-state index in [-0.39, 0.29) is 0 Å². The number of likely N-dealkylation sites (tertiary alicyclic amines) is 1. The molecule has 6 rings (SSSR count). The van der Waals surface area contributed by atoms with E-state index in [2.05, 4.69) is 61.1 Å². The smallest absolute Gasteiger partial charge is 0.163 e. The summed E-state index contributed by atoms with van der Waals surface area (Å²) < 4.78 is 6.12. The Labute approximate surface area is 210 Å². The monoisotopic (exact) mass is 479 g/mol. The van der Waals surface area contributed by atoms with Gasteiger partial charge >= 0.3 is 0 Å². The number of hydrogen-bond acceptors (Lipinski definition) is 7. The van der Waals surface area contributed by atoms with E-state index < -0.39 is 0 Å². The lowest BCUT2D eigenvalue weighted by Crippen LogP contribution is -2.21. The van der Waals surface area contributed by atoms with Crippen LogP contribution in [0.25, 0.3) is 22.2 Å². The zero-order chi connectivity index (χ0) is 24.3. The maximum atomic E-state index is 11.2. The Morgan fingerprint density at radius 1 is 0.972 bits per heavy atom. The van der Waals surface area contributed by atoms with Gasteiger partial charge in [-0.25, -0.2) is 15.0 Å². The minimum absolute atomic E-state index is 0.509. The highest BCUT2D eigenvalue weighted by molar-refractivity contribution is 5.92. The van der Waals surface area contributed by atoms with Gasteiger partial charge in [-0.3, -0.25) is 4.79 Å². The quantitative estimate of drug-likeness (QED) is 0.258. The first-order valence-electron chi connectivity index (χ1n) is 12.7. The van der Waals surface area contributed by atoms with Gasteiger partial charge in [-0.1, -0.05) is 24.3 Å². The second kappa shape index (κ2) is 10.0. The number of nitrogens with zero attached hydrogens (tertiary/aromatic N) is 5. The molecular weight excluding hydrogens is 450 g/mol. The van der Waals surface area contributed by atoms with E-state index >= 15 is 0 Å². The predicted octanol–water partition coefficient (Wildman–Crippen LogP) is 5.06. The molecule has 0 spiro atoms. The number of hydrogen-bond donors (Lipinski definition) is 0. The molecule has 4 aromatic rings. The number of rotatable bonds is 8. The zero-order valence-electron chi connectivity index (χ0n) is 20.3. The Hall–Kier alpha value is -3.84. The molecular formula is C29H29N5O2. The van der Waals surface area contributed by atoms with Gasteiger partial charge in [-0.05, 0) is 79.7 Å². The summed E-state index contributed by atoms with van der Waals surface area (Å²) in [5.74, 6) is 1.68. The highest BCUT2D eigenvalue weighted by Gasteiger charge is 2.26. The standard InChI is InChI=1S/C29H29N5O2/c35-19-21-16-26-28(30-18-21)29(32-20-31-26)34-14-10-25-24(8-4-9-27(25)34)22-6-3-7-23(17-22)36-15-5-13-33-11-1-2-12-33/h3-4,6-9,16-20H,1-2,5,10-15H2. The molecule has 1 fully saturated rings. The van der Waals surface area contributed by atoms with E-state index in [4.69, 9.17) is 4.74 Å². The SMILES string of the molecule is O=Cc1cnc2c(N3CCc4c(-c5cccc(OCCCN6CCCC6)c5)cccc43)ncnc2c1. The Morgan fingerprint density at radius 2 is 1.86 bits per heavy atom. The second-order valence-electron chi connectivity index (χ2n) is 9.43. The summed E-state index contributed by atoms with van der Waals surface area (Å²) in [6.07, 6.45) is 8.52. The second-order valence-corrected chi connectivity index (χ2v) is 9.43. The molecule has 36 heavy (non-hydrogen) atoms. The van der Waals surface area contributed by atoms with Gasteiger partial charge < -0.3 is 14.5 Å². The minimum Gasteiger partial charge on any atom is -0.494 e. The summed E-state index contributed by atoms with van der Waals surface area (Å²) in [4.78, 5) is 29.3. The van der Waals surface area contributed by atoms with Crippen LogP contribution >= 0.6 is 0 Å². The van der Waals surface area contributed by atoms with Crippen molar-refractivity contribution in [3.05, 3.63) is 72.2 Å². The third-order valence-electron chi connectivity index (χ3n) is 7.13. The van der Waals surface area contributed by atoms with Crippen molar-refractivity contribution in [1.82, 2.24) is 19.9 Å². The third-order valence-corrected chi connectivity index (χ3v) is 7.13. The van der Waals surface area contributed by atoms with Crippen LogP contribution in [-0.2, 0) is 6.42 Å². The van der Waals surface area contributed by atoms with Crippen LogP contribution in [0.2, 0.25) is 0 Å². The Morgan fingerprint density at radius 3 is 2.75 bits per heavy atom. The van der Waals surface area contributed by atoms with Crippen LogP contribution in [-0.4, -0.2) is 58.9 Å². The van der Waals surface area contributed by atoms with Crippen molar-refractivity contribution in [2.24, 2.45) is 0 Å². The molecule has 182 valence electrons. The maximum Gasteiger partial charge on any atom is 0.163 e. The topological polar surface area (TPSA) is 71.5 Å². The minimum atomic E-state index is 0.509. The normalized spacial score (nSPS) is 15.4. The van der Waals surface area contributed by atoms with E-state index in [1.54, 1.807) is 18.6 Å². The summed E-state index contributed by atoms with van der Waals surface area (Å²) in [5.41, 5.74) is 6.67. The molecule has 2 aromatic heterocycles. The molecule has 2 aliphatic rings. The maximum absolute atomic E-state index is 11.2. The molecule has 7 heteroatoms. The molecule has 1 saturated heterocycles. The lowest BCUT2D eigenvalue weighted by Gasteiger charge is -2.20. The lowest BCUT2D eigenvalue weighted by atomic mass is 9.98. The fourth-order valence-corrected chi connectivity index (χ4v) is 5.37. The van der Waals surface area contributed by atoms with Gasteiger partial charge in [0.15, 0.2) is 12.1 Å². The lowest BCUT2D eigenvalue weighted by molar-refractivity contribution is 0.112. The van der Waals surface area contributed by atoms with Crippen molar-refractivity contribution in [3.8, 4) is 16.9 Å². The van der Waals surface area contributed by atoms with Gasteiger partial charge in [0, 0.05) is 30.5 Å².